The largest absolute Gasteiger partial charge is 0.381 e. The van der Waals surface area contributed by atoms with Crippen molar-refractivity contribution in [2.45, 2.75) is 64.2 Å². The van der Waals surface area contributed by atoms with Crippen LogP contribution in [0.3, 0.4) is 0 Å². The predicted molar refractivity (Wildman–Crippen MR) is 176 cm³/mol. The van der Waals surface area contributed by atoms with E-state index >= 15 is 0 Å². The molecule has 0 fully saturated rings. The maximum atomic E-state index is 14.0. The third-order valence-corrected chi connectivity index (χ3v) is 8.91. The van der Waals surface area contributed by atoms with E-state index in [1.165, 1.54) is 0 Å². The summed E-state index contributed by atoms with van der Waals surface area (Å²) < 4.78 is 6.00. The number of hydrogen-bond acceptors (Lipinski definition) is 3. The van der Waals surface area contributed by atoms with E-state index in [9.17, 15) is 9.59 Å². The van der Waals surface area contributed by atoms with Gasteiger partial charge in [-0.15, -0.1) is 0 Å². The van der Waals surface area contributed by atoms with Gasteiger partial charge in [0.1, 0.15) is 11.6 Å². The standard InChI is InChI=1S/C40H46O3/c1-31(2)39(33-19-9-5-10-20-33,34-21-11-6-12-22-34)37(41)27-17-29-43-30-18-28-38(42)40(32(3)4,35-23-13-7-14-24-35)36-25-15-8-16-26-36/h5-16,19-26,31-32H,17-18,27-30H2,1-4H3. The highest BCUT2D eigenvalue weighted by Gasteiger charge is 2.45. The molecule has 0 unspecified atom stereocenters. The van der Waals surface area contributed by atoms with E-state index in [0.717, 1.165) is 22.3 Å². The topological polar surface area (TPSA) is 43.4 Å². The molecule has 4 rings (SSSR count). The first kappa shape index (κ1) is 32.1. The van der Waals surface area contributed by atoms with Gasteiger partial charge in [0.25, 0.3) is 0 Å². The van der Waals surface area contributed by atoms with E-state index < -0.39 is 10.8 Å². The predicted octanol–water partition coefficient (Wildman–Crippen LogP) is 8.99. The molecule has 0 bridgehead atoms. The summed E-state index contributed by atoms with van der Waals surface area (Å²) in [6, 6.07) is 40.6. The van der Waals surface area contributed by atoms with Gasteiger partial charge in [-0.1, -0.05) is 149 Å². The van der Waals surface area contributed by atoms with Crippen LogP contribution in [0.1, 0.15) is 75.6 Å². The summed E-state index contributed by atoms with van der Waals surface area (Å²) in [6.07, 6.45) is 2.15. The molecule has 224 valence electrons. The number of carbonyl (C=O) groups is 2. The molecule has 0 spiro atoms. The Bertz CT molecular complexity index is 1220. The Hall–Kier alpha value is -3.82. The van der Waals surface area contributed by atoms with Gasteiger partial charge in [-0.2, -0.15) is 0 Å². The minimum atomic E-state index is -0.704. The average Bonchev–Trinajstić information content (AvgIpc) is 3.03. The summed E-state index contributed by atoms with van der Waals surface area (Å²) in [5, 5.41) is 0. The van der Waals surface area contributed by atoms with Crippen LogP contribution in [0, 0.1) is 11.8 Å². The van der Waals surface area contributed by atoms with Gasteiger partial charge >= 0.3 is 0 Å². The summed E-state index contributed by atoms with van der Waals surface area (Å²) in [5.74, 6) is 0.608. The molecule has 4 aromatic rings. The van der Waals surface area contributed by atoms with E-state index in [-0.39, 0.29) is 23.4 Å². The molecule has 0 aliphatic heterocycles. The van der Waals surface area contributed by atoms with Gasteiger partial charge in [0, 0.05) is 26.1 Å². The molecular weight excluding hydrogens is 528 g/mol. The second-order valence-electron chi connectivity index (χ2n) is 12.1. The van der Waals surface area contributed by atoms with Crippen molar-refractivity contribution in [2.24, 2.45) is 11.8 Å². The average molecular weight is 575 g/mol. The molecule has 3 heteroatoms. The van der Waals surface area contributed by atoms with Crippen LogP contribution < -0.4 is 0 Å². The summed E-state index contributed by atoms with van der Waals surface area (Å²) in [5.41, 5.74) is 2.72. The molecule has 0 aromatic heterocycles. The Labute approximate surface area is 258 Å². The van der Waals surface area contributed by atoms with Crippen LogP contribution >= 0.6 is 0 Å². The van der Waals surface area contributed by atoms with Gasteiger partial charge in [0.05, 0.1) is 10.8 Å². The van der Waals surface area contributed by atoms with Gasteiger partial charge in [0.2, 0.25) is 0 Å². The summed E-state index contributed by atoms with van der Waals surface area (Å²) >= 11 is 0. The Kier molecular flexibility index (Phi) is 11.3. The van der Waals surface area contributed by atoms with Gasteiger partial charge in [0.15, 0.2) is 0 Å². The molecule has 0 amide bonds. The first-order valence-corrected chi connectivity index (χ1v) is 15.7. The Morgan fingerprint density at radius 3 is 0.977 bits per heavy atom. The van der Waals surface area contributed by atoms with Crippen molar-refractivity contribution in [2.75, 3.05) is 13.2 Å². The highest BCUT2D eigenvalue weighted by Crippen LogP contribution is 2.42. The zero-order valence-corrected chi connectivity index (χ0v) is 26.2. The zero-order valence-electron chi connectivity index (χ0n) is 26.2. The molecule has 0 radical (unpaired) electrons. The van der Waals surface area contributed by atoms with Crippen LogP contribution in [0.15, 0.2) is 121 Å². The smallest absolute Gasteiger partial charge is 0.148 e. The van der Waals surface area contributed by atoms with Gasteiger partial charge in [-0.25, -0.2) is 0 Å². The van der Waals surface area contributed by atoms with Gasteiger partial charge in [-0.05, 0) is 46.9 Å². The van der Waals surface area contributed by atoms with Crippen LogP contribution in [-0.2, 0) is 25.2 Å². The molecule has 0 N–H and O–H groups in total. The molecule has 0 atom stereocenters. The van der Waals surface area contributed by atoms with Crippen molar-refractivity contribution in [1.29, 1.82) is 0 Å². The second-order valence-corrected chi connectivity index (χ2v) is 12.1. The van der Waals surface area contributed by atoms with Crippen molar-refractivity contribution in [3.63, 3.8) is 0 Å². The molecule has 0 aliphatic rings. The monoisotopic (exact) mass is 574 g/mol. The van der Waals surface area contributed by atoms with Crippen molar-refractivity contribution in [3.8, 4) is 0 Å². The minimum absolute atomic E-state index is 0.0900. The fourth-order valence-electron chi connectivity index (χ4n) is 6.92. The van der Waals surface area contributed by atoms with E-state index in [1.54, 1.807) is 0 Å². The fraction of sp³-hybridized carbons (Fsp3) is 0.350. The van der Waals surface area contributed by atoms with Crippen LogP contribution in [0.2, 0.25) is 0 Å². The first-order chi connectivity index (χ1) is 20.9. The lowest BCUT2D eigenvalue weighted by Crippen LogP contribution is -2.42. The molecule has 0 saturated heterocycles. The number of ketones is 2. The zero-order chi connectivity index (χ0) is 30.7. The van der Waals surface area contributed by atoms with E-state index in [4.69, 9.17) is 4.74 Å². The molecule has 0 heterocycles. The quantitative estimate of drug-likeness (QED) is 0.125. The fourth-order valence-corrected chi connectivity index (χ4v) is 6.92. The molecule has 0 saturated carbocycles. The molecule has 4 aromatic carbocycles. The second kappa shape index (κ2) is 15.1. The molecule has 3 nitrogen and oxygen atoms in total. The van der Waals surface area contributed by atoms with Crippen LogP contribution in [0.5, 0.6) is 0 Å². The van der Waals surface area contributed by atoms with Gasteiger partial charge < -0.3 is 4.74 Å². The third-order valence-electron chi connectivity index (χ3n) is 8.91. The highest BCUT2D eigenvalue weighted by atomic mass is 16.5. The Morgan fingerprint density at radius 1 is 0.488 bits per heavy atom. The summed E-state index contributed by atoms with van der Waals surface area (Å²) in [4.78, 5) is 28.1. The van der Waals surface area contributed by atoms with Crippen molar-refractivity contribution in [3.05, 3.63) is 144 Å². The number of rotatable bonds is 16. The lowest BCUT2D eigenvalue weighted by atomic mass is 9.63. The number of hydrogen-bond donors (Lipinski definition) is 0. The maximum absolute atomic E-state index is 14.0. The van der Waals surface area contributed by atoms with Gasteiger partial charge in [-0.3, -0.25) is 9.59 Å². The van der Waals surface area contributed by atoms with Crippen LogP contribution in [0.4, 0.5) is 0 Å². The van der Waals surface area contributed by atoms with E-state index in [0.29, 0.717) is 38.9 Å². The number of benzene rings is 4. The summed E-state index contributed by atoms with van der Waals surface area (Å²) in [7, 11) is 0. The summed E-state index contributed by atoms with van der Waals surface area (Å²) in [6.45, 7) is 9.51. The number of Topliss-reactive ketones (excluding diaryl/α,β-unsaturated/α-hetero) is 2. The highest BCUT2D eigenvalue weighted by molar-refractivity contribution is 5.95. The lowest BCUT2D eigenvalue weighted by molar-refractivity contribution is -0.125. The molecule has 0 aliphatic carbocycles. The minimum Gasteiger partial charge on any atom is -0.381 e. The molecule has 43 heavy (non-hydrogen) atoms. The SMILES string of the molecule is CC(C)C(C(=O)CCCOCCCC(=O)C(c1ccccc1)(c1ccccc1)C(C)C)(c1ccccc1)c1ccccc1. The first-order valence-electron chi connectivity index (χ1n) is 15.7. The van der Waals surface area contributed by atoms with Crippen LogP contribution in [0.25, 0.3) is 0 Å². The number of ether oxygens (including phenoxy) is 1. The maximum Gasteiger partial charge on any atom is 0.148 e. The van der Waals surface area contributed by atoms with E-state index in [2.05, 4.69) is 76.2 Å². The lowest BCUT2D eigenvalue weighted by Gasteiger charge is -2.38. The Morgan fingerprint density at radius 2 is 0.744 bits per heavy atom. The van der Waals surface area contributed by atoms with Crippen molar-refractivity contribution < 1.29 is 14.3 Å². The molecular formula is C40H46O3. The van der Waals surface area contributed by atoms with Crippen molar-refractivity contribution >= 4 is 11.6 Å². The number of carbonyl (C=O) groups excluding carboxylic acids is 2. The van der Waals surface area contributed by atoms with E-state index in [1.807, 2.05) is 72.8 Å². The Balaban J connectivity index is 1.38. The van der Waals surface area contributed by atoms with Crippen LogP contribution in [-0.4, -0.2) is 24.8 Å². The third kappa shape index (κ3) is 6.73. The normalized spacial score (nSPS) is 12.0. The van der Waals surface area contributed by atoms with Crippen molar-refractivity contribution in [1.82, 2.24) is 0 Å².